The molecule has 4 heteroatoms. The predicted molar refractivity (Wildman–Crippen MR) is 76.6 cm³/mol. The molecular formula is C14H27O3P. The van der Waals surface area contributed by atoms with E-state index in [-0.39, 0.29) is 12.2 Å². The fraction of sp³-hybridized carbons (Fsp3) is 0.857. The fourth-order valence-corrected chi connectivity index (χ4v) is 3.00. The van der Waals surface area contributed by atoms with Crippen molar-refractivity contribution in [2.45, 2.75) is 78.9 Å². The molecular weight excluding hydrogens is 247 g/mol. The highest BCUT2D eigenvalue weighted by molar-refractivity contribution is 7.59. The van der Waals surface area contributed by atoms with E-state index in [1.54, 1.807) is 0 Å². The SMILES string of the molecule is CCCCCCC#CP(=O)(OC(C)C)OC(C)C. The van der Waals surface area contributed by atoms with E-state index < -0.39 is 7.60 Å². The van der Waals surface area contributed by atoms with Gasteiger partial charge < -0.3 is 0 Å². The zero-order valence-corrected chi connectivity index (χ0v) is 13.3. The first-order valence-corrected chi connectivity index (χ1v) is 8.41. The average molecular weight is 274 g/mol. The lowest BCUT2D eigenvalue weighted by molar-refractivity contribution is 0.151. The van der Waals surface area contributed by atoms with Gasteiger partial charge >= 0.3 is 7.60 Å². The highest BCUT2D eigenvalue weighted by Crippen LogP contribution is 2.49. The summed E-state index contributed by atoms with van der Waals surface area (Å²) in [7, 11) is -3.25. The Kier molecular flexibility index (Phi) is 9.46. The highest BCUT2D eigenvalue weighted by Gasteiger charge is 2.24. The van der Waals surface area contributed by atoms with Gasteiger partial charge in [-0.05, 0) is 34.1 Å². The molecule has 0 aliphatic carbocycles. The Labute approximate surface area is 112 Å². The van der Waals surface area contributed by atoms with Crippen LogP contribution in [0.25, 0.3) is 0 Å². The van der Waals surface area contributed by atoms with E-state index in [9.17, 15) is 4.57 Å². The Morgan fingerprint density at radius 2 is 1.56 bits per heavy atom. The molecule has 0 N–H and O–H groups in total. The molecule has 0 saturated carbocycles. The standard InChI is InChI=1S/C14H27O3P/c1-6-7-8-9-10-11-12-18(15,16-13(2)3)17-14(4)5/h13-14H,6-10H2,1-5H3. The minimum atomic E-state index is -3.25. The maximum atomic E-state index is 12.3. The van der Waals surface area contributed by atoms with E-state index in [2.05, 4.69) is 18.5 Å². The molecule has 0 aromatic heterocycles. The molecule has 0 aliphatic rings. The van der Waals surface area contributed by atoms with Crippen molar-refractivity contribution in [3.63, 3.8) is 0 Å². The normalized spacial score (nSPS) is 11.7. The van der Waals surface area contributed by atoms with E-state index >= 15 is 0 Å². The Bertz CT molecular complexity index is 299. The van der Waals surface area contributed by atoms with Crippen LogP contribution in [-0.4, -0.2) is 12.2 Å². The summed E-state index contributed by atoms with van der Waals surface area (Å²) in [6.45, 7) is 9.50. The van der Waals surface area contributed by atoms with Crippen molar-refractivity contribution in [3.05, 3.63) is 0 Å². The Morgan fingerprint density at radius 1 is 1.00 bits per heavy atom. The van der Waals surface area contributed by atoms with Crippen LogP contribution in [0, 0.1) is 11.6 Å². The van der Waals surface area contributed by atoms with Crippen LogP contribution < -0.4 is 0 Å². The fourth-order valence-electron chi connectivity index (χ4n) is 1.43. The van der Waals surface area contributed by atoms with Gasteiger partial charge in [0.2, 0.25) is 0 Å². The summed E-state index contributed by atoms with van der Waals surface area (Å²) < 4.78 is 23.0. The predicted octanol–water partition coefficient (Wildman–Crippen LogP) is 4.96. The zero-order chi connectivity index (χ0) is 14.0. The topological polar surface area (TPSA) is 35.5 Å². The molecule has 0 unspecified atom stereocenters. The lowest BCUT2D eigenvalue weighted by Gasteiger charge is -2.17. The van der Waals surface area contributed by atoms with Gasteiger partial charge in [0.15, 0.2) is 0 Å². The number of hydrogen-bond acceptors (Lipinski definition) is 3. The third-order valence-electron chi connectivity index (χ3n) is 2.07. The van der Waals surface area contributed by atoms with Crippen LogP contribution in [0.2, 0.25) is 0 Å². The second-order valence-corrected chi connectivity index (χ2v) is 6.55. The maximum absolute atomic E-state index is 12.3. The molecule has 3 nitrogen and oxygen atoms in total. The first-order valence-electron chi connectivity index (χ1n) is 6.86. The zero-order valence-electron chi connectivity index (χ0n) is 12.4. The molecule has 0 spiro atoms. The van der Waals surface area contributed by atoms with Gasteiger partial charge in [-0.15, -0.1) is 0 Å². The molecule has 0 bridgehead atoms. The molecule has 0 amide bonds. The van der Waals surface area contributed by atoms with Crippen LogP contribution >= 0.6 is 7.60 Å². The first-order chi connectivity index (χ1) is 8.39. The van der Waals surface area contributed by atoms with Crippen molar-refractivity contribution in [1.82, 2.24) is 0 Å². The Balaban J connectivity index is 4.32. The third-order valence-corrected chi connectivity index (χ3v) is 3.90. The molecule has 0 heterocycles. The molecule has 0 fully saturated rings. The molecule has 18 heavy (non-hydrogen) atoms. The maximum Gasteiger partial charge on any atom is 0.406 e. The largest absolute Gasteiger partial charge is 0.406 e. The monoisotopic (exact) mass is 274 g/mol. The van der Waals surface area contributed by atoms with Gasteiger partial charge in [0, 0.05) is 12.1 Å². The number of hydrogen-bond donors (Lipinski definition) is 0. The van der Waals surface area contributed by atoms with Crippen molar-refractivity contribution in [3.8, 4) is 11.6 Å². The summed E-state index contributed by atoms with van der Waals surface area (Å²) in [6.07, 6.45) is 5.11. The van der Waals surface area contributed by atoms with Crippen molar-refractivity contribution in [2.24, 2.45) is 0 Å². The van der Waals surface area contributed by atoms with Crippen molar-refractivity contribution in [2.75, 3.05) is 0 Å². The average Bonchev–Trinajstić information content (AvgIpc) is 2.20. The molecule has 0 radical (unpaired) electrons. The molecule has 0 aromatic rings. The van der Waals surface area contributed by atoms with Crippen LogP contribution in [0.5, 0.6) is 0 Å². The van der Waals surface area contributed by atoms with Crippen molar-refractivity contribution < 1.29 is 13.6 Å². The molecule has 0 saturated heterocycles. The molecule has 106 valence electrons. The van der Waals surface area contributed by atoms with Crippen molar-refractivity contribution >= 4 is 7.60 Å². The minimum absolute atomic E-state index is 0.149. The molecule has 0 atom stereocenters. The van der Waals surface area contributed by atoms with Crippen LogP contribution in [0.1, 0.15) is 66.7 Å². The molecule has 0 aliphatic heterocycles. The van der Waals surface area contributed by atoms with Gasteiger partial charge in [-0.3, -0.25) is 9.05 Å². The number of rotatable bonds is 8. The summed E-state index contributed by atoms with van der Waals surface area (Å²) in [5.74, 6) is 2.93. The number of unbranched alkanes of at least 4 members (excludes halogenated alkanes) is 4. The van der Waals surface area contributed by atoms with Gasteiger partial charge in [0.05, 0.1) is 12.2 Å². The molecule has 0 aromatic carbocycles. The minimum Gasteiger partial charge on any atom is -0.297 e. The van der Waals surface area contributed by atoms with Crippen LogP contribution in [0.15, 0.2) is 0 Å². The summed E-state index contributed by atoms with van der Waals surface area (Å²) in [6, 6.07) is 0. The summed E-state index contributed by atoms with van der Waals surface area (Å²) in [5.41, 5.74) is 2.70. The lowest BCUT2D eigenvalue weighted by atomic mass is 10.2. The Morgan fingerprint density at radius 3 is 2.00 bits per heavy atom. The molecule has 0 rings (SSSR count). The highest BCUT2D eigenvalue weighted by atomic mass is 31.2. The lowest BCUT2D eigenvalue weighted by Crippen LogP contribution is -2.06. The Hall–Kier alpha value is -0.290. The van der Waals surface area contributed by atoms with E-state index in [1.165, 1.54) is 19.3 Å². The van der Waals surface area contributed by atoms with Crippen LogP contribution in [0.3, 0.4) is 0 Å². The van der Waals surface area contributed by atoms with E-state index in [0.29, 0.717) is 0 Å². The van der Waals surface area contributed by atoms with Crippen LogP contribution in [-0.2, 0) is 13.6 Å². The third kappa shape index (κ3) is 9.71. The quantitative estimate of drug-likeness (QED) is 0.356. The van der Waals surface area contributed by atoms with Gasteiger partial charge in [-0.25, -0.2) is 4.57 Å². The van der Waals surface area contributed by atoms with Gasteiger partial charge in [-0.1, -0.05) is 32.1 Å². The van der Waals surface area contributed by atoms with Crippen LogP contribution in [0.4, 0.5) is 0 Å². The van der Waals surface area contributed by atoms with Gasteiger partial charge in [0.1, 0.15) is 0 Å². The summed E-state index contributed by atoms with van der Waals surface area (Å²) >= 11 is 0. The van der Waals surface area contributed by atoms with Gasteiger partial charge in [-0.2, -0.15) is 0 Å². The van der Waals surface area contributed by atoms with E-state index in [4.69, 9.17) is 9.05 Å². The van der Waals surface area contributed by atoms with Crippen molar-refractivity contribution in [1.29, 1.82) is 0 Å². The van der Waals surface area contributed by atoms with E-state index in [0.717, 1.165) is 12.8 Å². The van der Waals surface area contributed by atoms with Gasteiger partial charge in [0.25, 0.3) is 0 Å². The first kappa shape index (κ1) is 17.7. The second kappa shape index (κ2) is 9.62. The second-order valence-electron chi connectivity index (χ2n) is 4.91. The smallest absolute Gasteiger partial charge is 0.297 e. The summed E-state index contributed by atoms with van der Waals surface area (Å²) in [5, 5.41) is 0. The summed E-state index contributed by atoms with van der Waals surface area (Å²) in [4.78, 5) is 0. The van der Waals surface area contributed by atoms with E-state index in [1.807, 2.05) is 27.7 Å².